The Morgan fingerprint density at radius 2 is 1.83 bits per heavy atom. The molecule has 4 nitrogen and oxygen atoms in total. The second-order valence-electron chi connectivity index (χ2n) is 5.74. The van der Waals surface area contributed by atoms with E-state index < -0.39 is 0 Å². The highest BCUT2D eigenvalue weighted by molar-refractivity contribution is 5.58. The van der Waals surface area contributed by atoms with Gasteiger partial charge >= 0.3 is 0 Å². The summed E-state index contributed by atoms with van der Waals surface area (Å²) in [6, 6.07) is 14.4. The number of hydrogen-bond donors (Lipinski definition) is 0. The average molecular weight is 306 g/mol. The maximum absolute atomic E-state index is 4.28. The van der Waals surface area contributed by atoms with Crippen LogP contribution in [0.15, 0.2) is 54.9 Å². The first-order valence-corrected chi connectivity index (χ1v) is 8.30. The molecule has 0 aliphatic heterocycles. The molecule has 0 bridgehead atoms. The van der Waals surface area contributed by atoms with Gasteiger partial charge in [-0.15, -0.1) is 5.10 Å². The van der Waals surface area contributed by atoms with Crippen LogP contribution < -0.4 is 0 Å². The quantitative estimate of drug-likeness (QED) is 0.606. The van der Waals surface area contributed by atoms with Crippen molar-refractivity contribution < 1.29 is 0 Å². The van der Waals surface area contributed by atoms with Crippen molar-refractivity contribution in [1.29, 1.82) is 0 Å². The summed E-state index contributed by atoms with van der Waals surface area (Å²) in [5, 5.41) is 8.41. The fourth-order valence-corrected chi connectivity index (χ4v) is 2.60. The second kappa shape index (κ2) is 7.68. The molecule has 0 aliphatic rings. The fraction of sp³-hybridized carbons (Fsp3) is 0.316. The fourth-order valence-electron chi connectivity index (χ4n) is 2.60. The van der Waals surface area contributed by atoms with E-state index >= 15 is 0 Å². The van der Waals surface area contributed by atoms with E-state index in [-0.39, 0.29) is 0 Å². The lowest BCUT2D eigenvalue weighted by Gasteiger charge is -2.02. The van der Waals surface area contributed by atoms with E-state index in [0.717, 1.165) is 23.5 Å². The lowest BCUT2D eigenvalue weighted by atomic mass is 10.0. The predicted molar refractivity (Wildman–Crippen MR) is 92.4 cm³/mol. The lowest BCUT2D eigenvalue weighted by molar-refractivity contribution is 0.667. The molecule has 0 radical (unpaired) electrons. The van der Waals surface area contributed by atoms with Crippen molar-refractivity contribution in [3.8, 4) is 17.1 Å². The maximum atomic E-state index is 4.28. The van der Waals surface area contributed by atoms with Crippen molar-refractivity contribution in [2.24, 2.45) is 0 Å². The summed E-state index contributed by atoms with van der Waals surface area (Å²) in [4.78, 5) is 4.28. The van der Waals surface area contributed by atoms with E-state index in [0.29, 0.717) is 0 Å². The average Bonchev–Trinajstić information content (AvgIpc) is 3.10. The van der Waals surface area contributed by atoms with Gasteiger partial charge < -0.3 is 0 Å². The number of pyridine rings is 1. The first kappa shape index (κ1) is 15.4. The molecule has 0 amide bonds. The van der Waals surface area contributed by atoms with E-state index in [4.69, 9.17) is 0 Å². The van der Waals surface area contributed by atoms with Crippen molar-refractivity contribution >= 4 is 0 Å². The zero-order chi connectivity index (χ0) is 15.9. The lowest BCUT2D eigenvalue weighted by Crippen LogP contribution is -1.96. The SMILES string of the molecule is CCCCCCc1ccc(-c2cn(-c3ccccn3)nn2)cc1. The number of benzene rings is 1. The van der Waals surface area contributed by atoms with Gasteiger partial charge in [-0.3, -0.25) is 0 Å². The third kappa shape index (κ3) is 4.03. The molecule has 4 heteroatoms. The van der Waals surface area contributed by atoms with E-state index in [1.54, 1.807) is 10.9 Å². The Labute approximate surface area is 137 Å². The molecule has 23 heavy (non-hydrogen) atoms. The standard InChI is InChI=1S/C19H22N4/c1-2-3-4-5-8-16-10-12-17(13-11-16)18-15-23(22-21-18)19-9-6-7-14-20-19/h6-7,9-15H,2-5,8H2,1H3. The van der Waals surface area contributed by atoms with Crippen LogP contribution in [-0.2, 0) is 6.42 Å². The molecule has 3 rings (SSSR count). The smallest absolute Gasteiger partial charge is 0.155 e. The van der Waals surface area contributed by atoms with Crippen LogP contribution in [0.3, 0.4) is 0 Å². The molecule has 0 saturated carbocycles. The Morgan fingerprint density at radius 1 is 0.957 bits per heavy atom. The van der Waals surface area contributed by atoms with Crippen LogP contribution >= 0.6 is 0 Å². The third-order valence-electron chi connectivity index (χ3n) is 3.95. The maximum Gasteiger partial charge on any atom is 0.155 e. The van der Waals surface area contributed by atoms with Crippen LogP contribution in [-0.4, -0.2) is 20.0 Å². The van der Waals surface area contributed by atoms with Crippen molar-refractivity contribution in [2.45, 2.75) is 39.0 Å². The second-order valence-corrected chi connectivity index (χ2v) is 5.74. The first-order chi connectivity index (χ1) is 11.4. The van der Waals surface area contributed by atoms with Crippen molar-refractivity contribution in [2.75, 3.05) is 0 Å². The van der Waals surface area contributed by atoms with Crippen LogP contribution in [0.4, 0.5) is 0 Å². The van der Waals surface area contributed by atoms with Gasteiger partial charge in [-0.2, -0.15) is 0 Å². The molecule has 118 valence electrons. The zero-order valence-electron chi connectivity index (χ0n) is 13.5. The van der Waals surface area contributed by atoms with Gasteiger partial charge in [0.1, 0.15) is 5.69 Å². The minimum Gasteiger partial charge on any atom is -0.237 e. The van der Waals surface area contributed by atoms with Gasteiger partial charge in [0.15, 0.2) is 5.82 Å². The number of hydrogen-bond acceptors (Lipinski definition) is 3. The zero-order valence-corrected chi connectivity index (χ0v) is 13.5. The molecule has 0 spiro atoms. The van der Waals surface area contributed by atoms with E-state index in [1.807, 2.05) is 24.4 Å². The summed E-state index contributed by atoms with van der Waals surface area (Å²) in [6.45, 7) is 2.24. The number of unbranched alkanes of at least 4 members (excludes halogenated alkanes) is 3. The van der Waals surface area contributed by atoms with Gasteiger partial charge in [0, 0.05) is 11.8 Å². The summed E-state index contributed by atoms with van der Waals surface area (Å²) in [6.07, 6.45) is 10.0. The van der Waals surface area contributed by atoms with E-state index in [9.17, 15) is 0 Å². The normalized spacial score (nSPS) is 10.8. The van der Waals surface area contributed by atoms with Gasteiger partial charge in [0.25, 0.3) is 0 Å². The Balaban J connectivity index is 1.67. The van der Waals surface area contributed by atoms with Crippen LogP contribution in [0.5, 0.6) is 0 Å². The largest absolute Gasteiger partial charge is 0.237 e. The molecular weight excluding hydrogens is 284 g/mol. The molecule has 1 aromatic carbocycles. The Bertz CT molecular complexity index is 717. The van der Waals surface area contributed by atoms with Gasteiger partial charge in [-0.25, -0.2) is 9.67 Å². The van der Waals surface area contributed by atoms with Gasteiger partial charge in [0.05, 0.1) is 6.20 Å². The molecule has 2 heterocycles. The van der Waals surface area contributed by atoms with Crippen molar-refractivity contribution in [1.82, 2.24) is 20.0 Å². The van der Waals surface area contributed by atoms with E-state index in [2.05, 4.69) is 46.5 Å². The Morgan fingerprint density at radius 3 is 2.57 bits per heavy atom. The van der Waals surface area contributed by atoms with Crippen molar-refractivity contribution in [3.63, 3.8) is 0 Å². The summed E-state index contributed by atoms with van der Waals surface area (Å²) < 4.78 is 1.70. The molecule has 0 saturated heterocycles. The molecule has 0 unspecified atom stereocenters. The number of aryl methyl sites for hydroxylation is 1. The molecule has 0 N–H and O–H groups in total. The van der Waals surface area contributed by atoms with E-state index in [1.165, 1.54) is 31.2 Å². The summed E-state index contributed by atoms with van der Waals surface area (Å²) in [5.74, 6) is 0.777. The topological polar surface area (TPSA) is 43.6 Å². The van der Waals surface area contributed by atoms with Crippen LogP contribution in [0.2, 0.25) is 0 Å². The number of rotatable bonds is 7. The van der Waals surface area contributed by atoms with Crippen LogP contribution in [0.25, 0.3) is 17.1 Å². The Hall–Kier alpha value is -2.49. The highest BCUT2D eigenvalue weighted by Gasteiger charge is 2.06. The molecule has 2 aromatic heterocycles. The molecule has 0 aliphatic carbocycles. The van der Waals surface area contributed by atoms with Crippen LogP contribution in [0, 0.1) is 0 Å². The molecular formula is C19H22N4. The van der Waals surface area contributed by atoms with Gasteiger partial charge in [-0.05, 0) is 30.5 Å². The minimum atomic E-state index is 0.777. The van der Waals surface area contributed by atoms with Crippen LogP contribution in [0.1, 0.15) is 38.2 Å². The summed E-state index contributed by atoms with van der Waals surface area (Å²) >= 11 is 0. The molecule has 3 aromatic rings. The van der Waals surface area contributed by atoms with Crippen molar-refractivity contribution in [3.05, 3.63) is 60.4 Å². The highest BCUT2D eigenvalue weighted by atomic mass is 15.4. The molecule has 0 fully saturated rings. The number of nitrogens with zero attached hydrogens (tertiary/aromatic N) is 4. The summed E-state index contributed by atoms with van der Waals surface area (Å²) in [5.41, 5.74) is 3.35. The molecule has 0 atom stereocenters. The van der Waals surface area contributed by atoms with Gasteiger partial charge in [0.2, 0.25) is 0 Å². The predicted octanol–water partition coefficient (Wildman–Crippen LogP) is 4.45. The highest BCUT2D eigenvalue weighted by Crippen LogP contribution is 2.19. The third-order valence-corrected chi connectivity index (χ3v) is 3.95. The summed E-state index contributed by atoms with van der Waals surface area (Å²) in [7, 11) is 0. The Kier molecular flexibility index (Phi) is 5.14. The number of aromatic nitrogens is 4. The van der Waals surface area contributed by atoms with Gasteiger partial charge in [-0.1, -0.05) is 61.7 Å². The monoisotopic (exact) mass is 306 g/mol. The first-order valence-electron chi connectivity index (χ1n) is 8.30. The minimum absolute atomic E-state index is 0.777.